The smallest absolute Gasteiger partial charge is 0.279 e. The van der Waals surface area contributed by atoms with E-state index in [1.807, 2.05) is 19.1 Å². The third kappa shape index (κ3) is 4.54. The minimum absolute atomic E-state index is 0.216. The van der Waals surface area contributed by atoms with Gasteiger partial charge in [0.05, 0.1) is 20.8 Å². The van der Waals surface area contributed by atoms with Crippen molar-refractivity contribution in [3.8, 4) is 10.9 Å². The van der Waals surface area contributed by atoms with E-state index in [1.165, 1.54) is 17.4 Å². The Kier molecular flexibility index (Phi) is 5.63. The van der Waals surface area contributed by atoms with Gasteiger partial charge in [-0.25, -0.2) is 13.4 Å². The topological polar surface area (TPSA) is 68.3 Å². The first-order chi connectivity index (χ1) is 14.2. The zero-order valence-electron chi connectivity index (χ0n) is 15.9. The third-order valence-electron chi connectivity index (χ3n) is 4.29. The van der Waals surface area contributed by atoms with Gasteiger partial charge in [0.25, 0.3) is 15.2 Å². The number of hydrogen-bond donors (Lipinski definition) is 1. The molecule has 0 saturated carbocycles. The number of hydrogen-bond acceptors (Lipinski definition) is 5. The molecule has 0 aliphatic rings. The summed E-state index contributed by atoms with van der Waals surface area (Å²) in [5, 5.41) is 1.32. The molecular weight excluding hydrogens is 463 g/mol. The highest BCUT2D eigenvalue weighted by molar-refractivity contribution is 7.92. The molecule has 0 aliphatic heterocycles. The van der Waals surface area contributed by atoms with Crippen molar-refractivity contribution < 1.29 is 13.2 Å². The van der Waals surface area contributed by atoms with E-state index in [9.17, 15) is 8.42 Å². The lowest BCUT2D eigenvalue weighted by Crippen LogP contribution is -2.14. The van der Waals surface area contributed by atoms with Crippen LogP contribution in [-0.4, -0.2) is 13.4 Å². The zero-order valence-corrected chi connectivity index (χ0v) is 19.1. The third-order valence-corrected chi connectivity index (χ3v) is 7.18. The zero-order chi connectivity index (χ0) is 21.5. The first kappa shape index (κ1) is 20.9. The molecule has 1 aromatic heterocycles. The van der Waals surface area contributed by atoms with Crippen LogP contribution in [0.4, 0.5) is 5.69 Å². The molecule has 0 bridgehead atoms. The van der Waals surface area contributed by atoms with E-state index in [1.54, 1.807) is 43.3 Å². The summed E-state index contributed by atoms with van der Waals surface area (Å²) in [6.07, 6.45) is 0. The number of aryl methyl sites for hydroxylation is 2. The summed E-state index contributed by atoms with van der Waals surface area (Å²) in [5.41, 5.74) is 2.52. The molecule has 0 aliphatic carbocycles. The summed E-state index contributed by atoms with van der Waals surface area (Å²) in [7, 11) is -3.79. The number of rotatable bonds is 5. The van der Waals surface area contributed by atoms with E-state index in [2.05, 4.69) is 9.71 Å². The summed E-state index contributed by atoms with van der Waals surface area (Å²) < 4.78 is 35.1. The normalized spacial score (nSPS) is 11.6. The van der Waals surface area contributed by atoms with Gasteiger partial charge in [-0.15, -0.1) is 0 Å². The molecule has 0 amide bonds. The first-order valence-electron chi connectivity index (χ1n) is 8.84. The molecular formula is C21H16Cl2N2O3S2. The molecule has 0 fully saturated rings. The van der Waals surface area contributed by atoms with Gasteiger partial charge in [-0.1, -0.05) is 46.7 Å². The van der Waals surface area contributed by atoms with Crippen molar-refractivity contribution >= 4 is 60.5 Å². The Balaban J connectivity index is 1.63. The lowest BCUT2D eigenvalue weighted by Gasteiger charge is -2.12. The Hall–Kier alpha value is -2.32. The van der Waals surface area contributed by atoms with E-state index in [4.69, 9.17) is 27.9 Å². The van der Waals surface area contributed by atoms with E-state index < -0.39 is 10.0 Å². The van der Waals surface area contributed by atoms with Crippen LogP contribution in [0.3, 0.4) is 0 Å². The van der Waals surface area contributed by atoms with Crippen LogP contribution in [0, 0.1) is 13.8 Å². The molecule has 0 unspecified atom stereocenters. The van der Waals surface area contributed by atoms with Crippen molar-refractivity contribution in [2.75, 3.05) is 4.72 Å². The van der Waals surface area contributed by atoms with Crippen LogP contribution in [0.5, 0.6) is 10.9 Å². The fourth-order valence-corrected chi connectivity index (χ4v) is 5.49. The molecule has 1 N–H and O–H groups in total. The lowest BCUT2D eigenvalue weighted by molar-refractivity contribution is 0.480. The van der Waals surface area contributed by atoms with Crippen molar-refractivity contribution in [3.63, 3.8) is 0 Å². The number of aromatic nitrogens is 1. The number of nitrogens with zero attached hydrogens (tertiary/aromatic N) is 1. The Morgan fingerprint density at radius 2 is 1.77 bits per heavy atom. The van der Waals surface area contributed by atoms with Gasteiger partial charge in [-0.3, -0.25) is 4.72 Å². The maximum absolute atomic E-state index is 12.9. The number of halogens is 2. The van der Waals surface area contributed by atoms with E-state index in [0.717, 1.165) is 15.8 Å². The number of nitrogens with one attached hydrogen (secondary N) is 1. The van der Waals surface area contributed by atoms with E-state index >= 15 is 0 Å². The minimum atomic E-state index is -3.79. The van der Waals surface area contributed by atoms with Crippen LogP contribution in [-0.2, 0) is 10.0 Å². The van der Waals surface area contributed by atoms with E-state index in [-0.39, 0.29) is 4.90 Å². The van der Waals surface area contributed by atoms with Gasteiger partial charge in [0.2, 0.25) is 0 Å². The Bertz CT molecular complexity index is 1370. The van der Waals surface area contributed by atoms with Crippen LogP contribution in [0.1, 0.15) is 11.1 Å². The number of anilines is 1. The molecule has 0 saturated heterocycles. The number of thiazole rings is 1. The largest absolute Gasteiger partial charge is 0.431 e. The molecule has 9 heteroatoms. The van der Waals surface area contributed by atoms with Crippen LogP contribution in [0.15, 0.2) is 59.5 Å². The van der Waals surface area contributed by atoms with Gasteiger partial charge in [0.1, 0.15) is 5.75 Å². The molecule has 0 atom stereocenters. The highest BCUT2D eigenvalue weighted by atomic mass is 35.5. The quantitative estimate of drug-likeness (QED) is 0.341. The van der Waals surface area contributed by atoms with Crippen molar-refractivity contribution in [3.05, 3.63) is 75.8 Å². The fourth-order valence-electron chi connectivity index (χ4n) is 2.91. The minimum Gasteiger partial charge on any atom is -0.431 e. The molecule has 154 valence electrons. The van der Waals surface area contributed by atoms with Crippen LogP contribution < -0.4 is 9.46 Å². The lowest BCUT2D eigenvalue weighted by atomic mass is 10.2. The average molecular weight is 479 g/mol. The number of sulfonamides is 1. The predicted molar refractivity (Wildman–Crippen MR) is 123 cm³/mol. The Morgan fingerprint density at radius 3 is 2.57 bits per heavy atom. The van der Waals surface area contributed by atoms with Crippen molar-refractivity contribution in [1.82, 2.24) is 4.98 Å². The SMILES string of the molecule is Cc1ccc(C)c(S(=O)(=O)Nc2cc(Cl)cc(Oc3nc4cc(Cl)ccc4s3)c2)c1. The maximum Gasteiger partial charge on any atom is 0.279 e. The molecule has 0 radical (unpaired) electrons. The summed E-state index contributed by atoms with van der Waals surface area (Å²) in [4.78, 5) is 4.62. The molecule has 4 rings (SSSR count). The highest BCUT2D eigenvalue weighted by Gasteiger charge is 2.18. The molecule has 4 aromatic rings. The molecule has 30 heavy (non-hydrogen) atoms. The standard InChI is InChI=1S/C21H16Cl2N2O3S2/c1-12-3-4-13(2)20(7-12)30(26,27)25-16-8-15(23)9-17(11-16)28-21-24-18-10-14(22)5-6-19(18)29-21/h3-11,25H,1-2H3. The second kappa shape index (κ2) is 8.07. The second-order valence-corrected chi connectivity index (χ2v) is 10.3. The number of ether oxygens (including phenoxy) is 1. The van der Waals surface area contributed by atoms with Gasteiger partial charge in [-0.2, -0.15) is 0 Å². The maximum atomic E-state index is 12.9. The van der Waals surface area contributed by atoms with Gasteiger partial charge in [-0.05, 0) is 61.4 Å². The summed E-state index contributed by atoms with van der Waals surface area (Å²) in [6, 6.07) is 15.4. The van der Waals surface area contributed by atoms with Crippen molar-refractivity contribution in [2.45, 2.75) is 18.7 Å². The highest BCUT2D eigenvalue weighted by Crippen LogP contribution is 2.35. The van der Waals surface area contributed by atoms with E-state index in [0.29, 0.717) is 32.2 Å². The number of fused-ring (bicyclic) bond motifs is 1. The molecule has 1 heterocycles. The van der Waals surface area contributed by atoms with Crippen molar-refractivity contribution in [1.29, 1.82) is 0 Å². The summed E-state index contributed by atoms with van der Waals surface area (Å²) in [6.45, 7) is 3.59. The van der Waals surface area contributed by atoms with Gasteiger partial charge >= 0.3 is 0 Å². The molecule has 0 spiro atoms. The average Bonchev–Trinajstić information content (AvgIpc) is 3.03. The predicted octanol–water partition coefficient (Wildman–Crippen LogP) is 6.81. The monoisotopic (exact) mass is 478 g/mol. The van der Waals surface area contributed by atoms with Crippen LogP contribution in [0.2, 0.25) is 10.0 Å². The van der Waals surface area contributed by atoms with Crippen LogP contribution in [0.25, 0.3) is 10.2 Å². The van der Waals surface area contributed by atoms with Crippen LogP contribution >= 0.6 is 34.5 Å². The Labute approximate surface area is 188 Å². The number of benzene rings is 3. The Morgan fingerprint density at radius 1 is 0.967 bits per heavy atom. The van der Waals surface area contributed by atoms with Gasteiger partial charge < -0.3 is 4.74 Å². The molecule has 3 aromatic carbocycles. The van der Waals surface area contributed by atoms with Crippen molar-refractivity contribution in [2.24, 2.45) is 0 Å². The summed E-state index contributed by atoms with van der Waals surface area (Å²) >= 11 is 13.6. The second-order valence-electron chi connectivity index (χ2n) is 6.74. The fraction of sp³-hybridized carbons (Fsp3) is 0.0952. The van der Waals surface area contributed by atoms with Gasteiger partial charge in [0, 0.05) is 16.1 Å². The van der Waals surface area contributed by atoms with Gasteiger partial charge in [0.15, 0.2) is 0 Å². The first-order valence-corrected chi connectivity index (χ1v) is 11.9. The molecule has 5 nitrogen and oxygen atoms in total. The summed E-state index contributed by atoms with van der Waals surface area (Å²) in [5.74, 6) is 0.367.